The maximum atomic E-state index is 12.2. The first-order chi connectivity index (χ1) is 13.7. The van der Waals surface area contributed by atoms with Crippen molar-refractivity contribution in [3.05, 3.63) is 47.8 Å². The molecule has 1 aromatic heterocycles. The van der Waals surface area contributed by atoms with E-state index in [1.54, 1.807) is 49.0 Å². The molecule has 0 atom stereocenters. The number of hydrogen-bond acceptors (Lipinski definition) is 5. The number of hydrogen-bond donors (Lipinski definition) is 3. The van der Waals surface area contributed by atoms with Gasteiger partial charge in [0.05, 0.1) is 5.69 Å². The Bertz CT molecular complexity index is 963. The number of nitrogens with zero attached hydrogens (tertiary/aromatic N) is 3. The van der Waals surface area contributed by atoms with Gasteiger partial charge in [0.15, 0.2) is 0 Å². The van der Waals surface area contributed by atoms with Crippen molar-refractivity contribution in [3.63, 3.8) is 0 Å². The molecule has 2 aromatic rings. The number of carbonyl (C=O) groups is 4. The van der Waals surface area contributed by atoms with E-state index >= 15 is 0 Å². The number of imide groups is 1. The van der Waals surface area contributed by atoms with Crippen LogP contribution >= 0.6 is 0 Å². The highest BCUT2D eigenvalue weighted by atomic mass is 16.2. The van der Waals surface area contributed by atoms with E-state index in [9.17, 15) is 19.2 Å². The molecule has 5 amide bonds. The number of amides is 5. The molecular weight excluding hydrogens is 376 g/mol. The monoisotopic (exact) mass is 398 g/mol. The van der Waals surface area contributed by atoms with E-state index in [-0.39, 0.29) is 13.0 Å². The van der Waals surface area contributed by atoms with E-state index in [4.69, 9.17) is 0 Å². The summed E-state index contributed by atoms with van der Waals surface area (Å²) < 4.78 is 1.74. The Hall–Kier alpha value is -3.69. The Kier molecular flexibility index (Phi) is 5.35. The summed E-state index contributed by atoms with van der Waals surface area (Å²) in [5, 5.41) is 6.73. The fourth-order valence-electron chi connectivity index (χ4n) is 2.89. The molecule has 29 heavy (non-hydrogen) atoms. The smallest absolute Gasteiger partial charge is 0.324 e. The molecule has 1 saturated heterocycles. The van der Waals surface area contributed by atoms with Crippen LogP contribution in [0.4, 0.5) is 4.79 Å². The fraction of sp³-hybridized carbons (Fsp3) is 0.316. The topological polar surface area (TPSA) is 125 Å². The quantitative estimate of drug-likeness (QED) is 0.504. The van der Waals surface area contributed by atoms with Gasteiger partial charge < -0.3 is 5.32 Å². The van der Waals surface area contributed by atoms with Crippen LogP contribution in [0.5, 0.6) is 0 Å². The number of aromatic nitrogens is 2. The zero-order valence-electron chi connectivity index (χ0n) is 16.4. The van der Waals surface area contributed by atoms with Crippen molar-refractivity contribution in [3.8, 4) is 5.69 Å². The Labute approximate surface area is 167 Å². The van der Waals surface area contributed by atoms with Crippen LogP contribution in [0.2, 0.25) is 0 Å². The van der Waals surface area contributed by atoms with Crippen molar-refractivity contribution in [1.29, 1.82) is 0 Å². The van der Waals surface area contributed by atoms with Crippen molar-refractivity contribution in [2.45, 2.75) is 32.7 Å². The van der Waals surface area contributed by atoms with E-state index in [0.717, 1.165) is 16.3 Å². The highest BCUT2D eigenvalue weighted by molar-refractivity contribution is 6.06. The first-order valence-electron chi connectivity index (χ1n) is 9.03. The summed E-state index contributed by atoms with van der Waals surface area (Å²) in [7, 11) is 0. The van der Waals surface area contributed by atoms with Crippen LogP contribution in [0.15, 0.2) is 36.5 Å². The second-order valence-corrected chi connectivity index (χ2v) is 7.20. The molecule has 0 saturated carbocycles. The van der Waals surface area contributed by atoms with Gasteiger partial charge in [-0.05, 0) is 51.1 Å². The molecule has 0 radical (unpaired) electrons. The lowest BCUT2D eigenvalue weighted by atomic mass is 10.1. The molecule has 10 nitrogen and oxygen atoms in total. The molecule has 2 heterocycles. The van der Waals surface area contributed by atoms with E-state index in [1.807, 2.05) is 13.0 Å². The van der Waals surface area contributed by atoms with Gasteiger partial charge in [-0.3, -0.25) is 30.1 Å². The first-order valence-corrected chi connectivity index (χ1v) is 9.03. The number of hydrazine groups is 1. The third kappa shape index (κ3) is 4.26. The Balaban J connectivity index is 1.49. The average Bonchev–Trinajstić information content (AvgIpc) is 3.19. The predicted octanol–water partition coefficient (Wildman–Crippen LogP) is 0.662. The van der Waals surface area contributed by atoms with Crippen LogP contribution < -0.4 is 16.2 Å². The molecule has 10 heteroatoms. The Morgan fingerprint density at radius 1 is 1.10 bits per heavy atom. The second-order valence-electron chi connectivity index (χ2n) is 7.20. The van der Waals surface area contributed by atoms with Crippen LogP contribution in [-0.4, -0.2) is 50.5 Å². The summed E-state index contributed by atoms with van der Waals surface area (Å²) in [5.74, 6) is -1.41. The van der Waals surface area contributed by atoms with Crippen LogP contribution in [0, 0.1) is 6.92 Å². The van der Waals surface area contributed by atoms with Crippen molar-refractivity contribution in [1.82, 2.24) is 30.8 Å². The fourth-order valence-corrected chi connectivity index (χ4v) is 2.89. The van der Waals surface area contributed by atoms with Gasteiger partial charge in [0.1, 0.15) is 5.54 Å². The number of aryl methyl sites for hydroxylation is 1. The van der Waals surface area contributed by atoms with Gasteiger partial charge in [-0.1, -0.05) is 0 Å². The SMILES string of the molecule is Cc1ccnn1-c1ccc(C(=O)NNC(=O)CCN2C(=O)NC(C)(C)C2=O)cc1. The molecule has 3 N–H and O–H groups in total. The highest BCUT2D eigenvalue weighted by Crippen LogP contribution is 2.16. The summed E-state index contributed by atoms with van der Waals surface area (Å²) in [6.07, 6.45) is 1.55. The molecule has 3 rings (SSSR count). The van der Waals surface area contributed by atoms with Gasteiger partial charge in [-0.25, -0.2) is 9.48 Å². The van der Waals surface area contributed by atoms with E-state index in [2.05, 4.69) is 21.3 Å². The molecule has 1 aliphatic heterocycles. The lowest BCUT2D eigenvalue weighted by Crippen LogP contribution is -2.44. The Morgan fingerprint density at radius 2 is 1.79 bits per heavy atom. The normalized spacial score (nSPS) is 15.2. The van der Waals surface area contributed by atoms with E-state index < -0.39 is 29.3 Å². The number of benzene rings is 1. The average molecular weight is 398 g/mol. The van der Waals surface area contributed by atoms with E-state index in [0.29, 0.717) is 5.56 Å². The maximum absolute atomic E-state index is 12.2. The zero-order valence-corrected chi connectivity index (χ0v) is 16.4. The van der Waals surface area contributed by atoms with Crippen molar-refractivity contribution < 1.29 is 19.2 Å². The third-order valence-electron chi connectivity index (χ3n) is 4.53. The first kappa shape index (κ1) is 20.1. The number of urea groups is 1. The van der Waals surface area contributed by atoms with Crippen molar-refractivity contribution in [2.75, 3.05) is 6.54 Å². The van der Waals surface area contributed by atoms with E-state index in [1.165, 1.54) is 0 Å². The van der Waals surface area contributed by atoms with Gasteiger partial charge in [0, 0.05) is 30.4 Å². The van der Waals surface area contributed by atoms with Gasteiger partial charge in [-0.2, -0.15) is 5.10 Å². The Morgan fingerprint density at radius 3 is 2.34 bits per heavy atom. The molecular formula is C19H22N6O4. The third-order valence-corrected chi connectivity index (χ3v) is 4.53. The minimum atomic E-state index is -0.983. The molecule has 0 unspecified atom stereocenters. The largest absolute Gasteiger partial charge is 0.325 e. The number of carbonyl (C=O) groups excluding carboxylic acids is 4. The molecule has 1 fully saturated rings. The molecule has 0 aliphatic carbocycles. The molecule has 1 aliphatic rings. The molecule has 0 bridgehead atoms. The summed E-state index contributed by atoms with van der Waals surface area (Å²) in [4.78, 5) is 49.0. The molecule has 1 aromatic carbocycles. The number of nitrogens with one attached hydrogen (secondary N) is 3. The number of rotatable bonds is 5. The summed E-state index contributed by atoms with van der Waals surface area (Å²) in [5.41, 5.74) is 5.74. The van der Waals surface area contributed by atoms with Crippen LogP contribution in [0.25, 0.3) is 5.69 Å². The zero-order chi connectivity index (χ0) is 21.2. The highest BCUT2D eigenvalue weighted by Gasteiger charge is 2.43. The lowest BCUT2D eigenvalue weighted by molar-refractivity contribution is -0.130. The van der Waals surface area contributed by atoms with Crippen LogP contribution in [-0.2, 0) is 9.59 Å². The summed E-state index contributed by atoms with van der Waals surface area (Å²) in [6, 6.07) is 8.06. The molecule has 0 spiro atoms. The maximum Gasteiger partial charge on any atom is 0.325 e. The lowest BCUT2D eigenvalue weighted by Gasteiger charge is -2.15. The van der Waals surface area contributed by atoms with Gasteiger partial charge in [0.25, 0.3) is 11.8 Å². The van der Waals surface area contributed by atoms with Gasteiger partial charge >= 0.3 is 6.03 Å². The standard InChI is InChI=1S/C19H22N6O4/c1-12-8-10-20-25(12)14-6-4-13(5-7-14)16(27)23-22-15(26)9-11-24-17(28)19(2,3)21-18(24)29/h4-8,10H,9,11H2,1-3H3,(H,21,29)(H,22,26)(H,23,27). The van der Waals surface area contributed by atoms with Crippen LogP contribution in [0.3, 0.4) is 0 Å². The predicted molar refractivity (Wildman–Crippen MR) is 103 cm³/mol. The van der Waals surface area contributed by atoms with Crippen molar-refractivity contribution >= 4 is 23.8 Å². The molecule has 152 valence electrons. The minimum absolute atomic E-state index is 0.0757. The van der Waals surface area contributed by atoms with Crippen LogP contribution in [0.1, 0.15) is 36.3 Å². The summed E-state index contributed by atoms with van der Waals surface area (Å²) in [6.45, 7) is 5.02. The van der Waals surface area contributed by atoms with Gasteiger partial charge in [0.2, 0.25) is 5.91 Å². The summed E-state index contributed by atoms with van der Waals surface area (Å²) >= 11 is 0. The van der Waals surface area contributed by atoms with Gasteiger partial charge in [-0.15, -0.1) is 0 Å². The second kappa shape index (κ2) is 7.74. The minimum Gasteiger partial charge on any atom is -0.324 e. The van der Waals surface area contributed by atoms with Crippen molar-refractivity contribution in [2.24, 2.45) is 0 Å².